The van der Waals surface area contributed by atoms with Crippen LogP contribution in [0.1, 0.15) is 22.6 Å². The van der Waals surface area contributed by atoms with Crippen molar-refractivity contribution in [3.8, 4) is 0 Å². The minimum absolute atomic E-state index is 0.164. The lowest BCUT2D eigenvalue weighted by Crippen LogP contribution is -2.20. The van der Waals surface area contributed by atoms with Gasteiger partial charge in [0.1, 0.15) is 11.5 Å². The van der Waals surface area contributed by atoms with Gasteiger partial charge in [-0.3, -0.25) is 4.79 Å². The molecule has 0 aliphatic carbocycles. The molecule has 0 aliphatic heterocycles. The van der Waals surface area contributed by atoms with Gasteiger partial charge in [0.15, 0.2) is 0 Å². The van der Waals surface area contributed by atoms with Crippen molar-refractivity contribution >= 4 is 23.6 Å². The number of carbonyl (C=O) groups excluding carboxylic acids is 1. The molecule has 0 unspecified atom stereocenters. The molecule has 2 aromatic rings. The van der Waals surface area contributed by atoms with Crippen LogP contribution in [-0.2, 0) is 11.3 Å². The van der Waals surface area contributed by atoms with Crippen LogP contribution in [0.2, 0.25) is 5.02 Å². The van der Waals surface area contributed by atoms with Crippen LogP contribution in [0.3, 0.4) is 0 Å². The van der Waals surface area contributed by atoms with E-state index >= 15 is 0 Å². The molecule has 3 nitrogen and oxygen atoms in total. The maximum absolute atomic E-state index is 11.7. The molecule has 104 valence electrons. The Hall–Kier alpha value is -2.00. The zero-order chi connectivity index (χ0) is 14.5. The molecular formula is C16H16ClNO2. The monoisotopic (exact) mass is 289 g/mol. The van der Waals surface area contributed by atoms with Crippen molar-refractivity contribution < 1.29 is 9.21 Å². The van der Waals surface area contributed by atoms with Crippen molar-refractivity contribution in [3.05, 3.63) is 64.1 Å². The third kappa shape index (κ3) is 3.75. The second-order valence-electron chi connectivity index (χ2n) is 4.51. The lowest BCUT2D eigenvalue weighted by atomic mass is 10.2. The zero-order valence-electron chi connectivity index (χ0n) is 11.4. The number of rotatable bonds is 4. The van der Waals surface area contributed by atoms with Gasteiger partial charge in [-0.1, -0.05) is 29.8 Å². The first-order chi connectivity index (χ1) is 9.56. The Bertz CT molecular complexity index is 644. The predicted octanol–water partition coefficient (Wildman–Crippen LogP) is 3.88. The Kier molecular flexibility index (Phi) is 4.64. The topological polar surface area (TPSA) is 42.2 Å². The van der Waals surface area contributed by atoms with E-state index in [9.17, 15) is 4.79 Å². The first-order valence-corrected chi connectivity index (χ1v) is 6.70. The molecule has 4 heteroatoms. The Morgan fingerprint density at radius 1 is 1.35 bits per heavy atom. The molecular weight excluding hydrogens is 274 g/mol. The minimum atomic E-state index is -0.164. The van der Waals surface area contributed by atoms with Crippen LogP contribution in [0.4, 0.5) is 0 Å². The normalized spacial score (nSPS) is 10.9. The number of carbonyl (C=O) groups is 1. The van der Waals surface area contributed by atoms with E-state index in [4.69, 9.17) is 16.0 Å². The maximum Gasteiger partial charge on any atom is 0.244 e. The molecule has 0 fully saturated rings. The molecule has 0 radical (unpaired) electrons. The summed E-state index contributed by atoms with van der Waals surface area (Å²) in [6.45, 7) is 4.22. The number of aryl methyl sites for hydroxylation is 2. The van der Waals surface area contributed by atoms with Crippen molar-refractivity contribution in [2.24, 2.45) is 0 Å². The van der Waals surface area contributed by atoms with Crippen molar-refractivity contribution in [1.29, 1.82) is 0 Å². The van der Waals surface area contributed by atoms with Gasteiger partial charge in [-0.25, -0.2) is 0 Å². The minimum Gasteiger partial charge on any atom is -0.466 e. The molecule has 20 heavy (non-hydrogen) atoms. The number of nitrogens with one attached hydrogen (secondary N) is 1. The first kappa shape index (κ1) is 14.4. The van der Waals surface area contributed by atoms with Crippen molar-refractivity contribution in [3.63, 3.8) is 0 Å². The SMILES string of the molecule is Cc1cc(CNC(=O)C=Cc2ccccc2Cl)c(C)o1. The molecule has 0 atom stereocenters. The van der Waals surface area contributed by atoms with E-state index in [0.717, 1.165) is 22.6 Å². The smallest absolute Gasteiger partial charge is 0.244 e. The van der Waals surface area contributed by atoms with Crippen molar-refractivity contribution in [2.45, 2.75) is 20.4 Å². The fraction of sp³-hybridized carbons (Fsp3) is 0.188. The van der Waals surface area contributed by atoms with E-state index in [1.54, 1.807) is 12.1 Å². The summed E-state index contributed by atoms with van der Waals surface area (Å²) in [6.07, 6.45) is 3.18. The summed E-state index contributed by atoms with van der Waals surface area (Å²) in [4.78, 5) is 11.7. The van der Waals surface area contributed by atoms with Crippen LogP contribution in [0, 0.1) is 13.8 Å². The highest BCUT2D eigenvalue weighted by Crippen LogP contribution is 2.16. The number of halogens is 1. The van der Waals surface area contributed by atoms with Crippen LogP contribution in [0.25, 0.3) is 6.08 Å². The molecule has 0 spiro atoms. The molecule has 1 aromatic heterocycles. The second-order valence-corrected chi connectivity index (χ2v) is 4.92. The standard InChI is InChI=1S/C16H16ClNO2/c1-11-9-14(12(2)20-11)10-18-16(19)8-7-13-5-3-4-6-15(13)17/h3-9H,10H2,1-2H3,(H,18,19). The summed E-state index contributed by atoms with van der Waals surface area (Å²) in [5.74, 6) is 1.51. The average Bonchev–Trinajstić information content (AvgIpc) is 2.74. The highest BCUT2D eigenvalue weighted by Gasteiger charge is 2.05. The molecule has 2 rings (SSSR count). The van der Waals surface area contributed by atoms with Crippen LogP contribution < -0.4 is 5.32 Å². The van der Waals surface area contributed by atoms with Gasteiger partial charge in [-0.05, 0) is 37.6 Å². The van der Waals surface area contributed by atoms with E-state index in [1.165, 1.54) is 6.08 Å². The quantitative estimate of drug-likeness (QED) is 0.868. The van der Waals surface area contributed by atoms with Gasteiger partial charge in [0, 0.05) is 23.2 Å². The average molecular weight is 290 g/mol. The number of furan rings is 1. The molecule has 0 saturated heterocycles. The van der Waals surface area contributed by atoms with Gasteiger partial charge in [0.2, 0.25) is 5.91 Å². The van der Waals surface area contributed by atoms with E-state index in [0.29, 0.717) is 11.6 Å². The zero-order valence-corrected chi connectivity index (χ0v) is 12.2. The molecule has 0 aliphatic rings. The number of hydrogen-bond acceptors (Lipinski definition) is 2. The number of benzene rings is 1. The summed E-state index contributed by atoms with van der Waals surface area (Å²) in [6, 6.07) is 9.30. The summed E-state index contributed by atoms with van der Waals surface area (Å²) >= 11 is 6.01. The molecule has 1 heterocycles. The number of hydrogen-bond donors (Lipinski definition) is 1. The van der Waals surface area contributed by atoms with Crippen LogP contribution in [-0.4, -0.2) is 5.91 Å². The highest BCUT2D eigenvalue weighted by molar-refractivity contribution is 6.32. The van der Waals surface area contributed by atoms with E-state index < -0.39 is 0 Å². The Labute approximate surface area is 123 Å². The van der Waals surface area contributed by atoms with E-state index in [2.05, 4.69) is 5.32 Å². The van der Waals surface area contributed by atoms with Gasteiger partial charge < -0.3 is 9.73 Å². The summed E-state index contributed by atoms with van der Waals surface area (Å²) in [5, 5.41) is 3.44. The molecule has 0 saturated carbocycles. The highest BCUT2D eigenvalue weighted by atomic mass is 35.5. The van der Waals surface area contributed by atoms with Crippen molar-refractivity contribution in [1.82, 2.24) is 5.32 Å². The second kappa shape index (κ2) is 6.44. The molecule has 1 aromatic carbocycles. The van der Waals surface area contributed by atoms with Crippen LogP contribution in [0.15, 0.2) is 40.8 Å². The Morgan fingerprint density at radius 3 is 2.75 bits per heavy atom. The lowest BCUT2D eigenvalue weighted by Gasteiger charge is -2.01. The molecule has 1 N–H and O–H groups in total. The third-order valence-corrected chi connectivity index (χ3v) is 3.26. The lowest BCUT2D eigenvalue weighted by molar-refractivity contribution is -0.116. The summed E-state index contributed by atoms with van der Waals surface area (Å²) < 4.78 is 5.41. The largest absolute Gasteiger partial charge is 0.466 e. The maximum atomic E-state index is 11.7. The van der Waals surface area contributed by atoms with Gasteiger partial charge in [0.25, 0.3) is 0 Å². The van der Waals surface area contributed by atoms with Gasteiger partial charge in [-0.2, -0.15) is 0 Å². The Balaban J connectivity index is 1.93. The molecule has 1 amide bonds. The summed E-state index contributed by atoms with van der Waals surface area (Å²) in [7, 11) is 0. The van der Waals surface area contributed by atoms with Gasteiger partial charge in [-0.15, -0.1) is 0 Å². The third-order valence-electron chi connectivity index (χ3n) is 2.92. The van der Waals surface area contributed by atoms with Gasteiger partial charge >= 0.3 is 0 Å². The summed E-state index contributed by atoms with van der Waals surface area (Å²) in [5.41, 5.74) is 1.81. The van der Waals surface area contributed by atoms with E-state index in [1.807, 2.05) is 38.1 Å². The van der Waals surface area contributed by atoms with Crippen molar-refractivity contribution in [2.75, 3.05) is 0 Å². The predicted molar refractivity (Wildman–Crippen MR) is 80.5 cm³/mol. The fourth-order valence-corrected chi connectivity index (χ4v) is 2.07. The van der Waals surface area contributed by atoms with E-state index in [-0.39, 0.29) is 5.91 Å². The van der Waals surface area contributed by atoms with Crippen LogP contribution in [0.5, 0.6) is 0 Å². The van der Waals surface area contributed by atoms with Crippen LogP contribution >= 0.6 is 11.6 Å². The number of amides is 1. The van der Waals surface area contributed by atoms with Gasteiger partial charge in [0.05, 0.1) is 0 Å². The molecule has 0 bridgehead atoms. The fourth-order valence-electron chi connectivity index (χ4n) is 1.88. The first-order valence-electron chi connectivity index (χ1n) is 6.32. The Morgan fingerprint density at radius 2 is 2.10 bits per heavy atom.